The molecular weight excluding hydrogens is 280 g/mol. The van der Waals surface area contributed by atoms with E-state index in [9.17, 15) is 9.59 Å². The number of carbonyl (C=O) groups is 2. The Morgan fingerprint density at radius 1 is 1.41 bits per heavy atom. The molecule has 2 amide bonds. The topological polar surface area (TPSA) is 69.9 Å². The van der Waals surface area contributed by atoms with Gasteiger partial charge in [0.1, 0.15) is 0 Å². The van der Waals surface area contributed by atoms with Crippen LogP contribution in [0.5, 0.6) is 0 Å². The number of rotatable bonds is 5. The van der Waals surface area contributed by atoms with Gasteiger partial charge in [0.05, 0.1) is 5.92 Å². The summed E-state index contributed by atoms with van der Waals surface area (Å²) in [7, 11) is 3.98. The van der Waals surface area contributed by atoms with Crippen molar-refractivity contribution in [1.82, 2.24) is 14.7 Å². The minimum atomic E-state index is -0.183. The largest absolute Gasteiger partial charge is 0.341 e. The van der Waals surface area contributed by atoms with Crippen LogP contribution in [0.1, 0.15) is 26.2 Å². The van der Waals surface area contributed by atoms with E-state index in [1.807, 2.05) is 23.9 Å². The molecule has 0 bridgehead atoms. The Hall–Kier alpha value is -1.14. The summed E-state index contributed by atoms with van der Waals surface area (Å²) in [4.78, 5) is 30.7. The van der Waals surface area contributed by atoms with E-state index < -0.39 is 0 Å². The lowest BCUT2D eigenvalue weighted by Crippen LogP contribution is -2.51. The predicted octanol–water partition coefficient (Wildman–Crippen LogP) is -0.0177. The SMILES string of the molecule is CC1CCN(C(=O)C2CC(=O)N(CCN(C)C)C2)C(CN)C1. The van der Waals surface area contributed by atoms with Gasteiger partial charge in [-0.2, -0.15) is 0 Å². The van der Waals surface area contributed by atoms with Gasteiger partial charge in [0.2, 0.25) is 11.8 Å². The average molecular weight is 310 g/mol. The molecule has 0 aromatic heterocycles. The van der Waals surface area contributed by atoms with E-state index in [1.165, 1.54) is 0 Å². The number of nitrogens with two attached hydrogens (primary N) is 1. The standard InChI is InChI=1S/C16H30N4O2/c1-12-4-5-20(14(8-12)10-17)16(22)13-9-15(21)19(11-13)7-6-18(2)3/h12-14H,4-11,17H2,1-3H3. The minimum Gasteiger partial charge on any atom is -0.341 e. The fourth-order valence-electron chi connectivity index (χ4n) is 3.47. The Morgan fingerprint density at radius 3 is 2.77 bits per heavy atom. The van der Waals surface area contributed by atoms with Gasteiger partial charge in [0.15, 0.2) is 0 Å². The molecule has 0 aliphatic carbocycles. The molecule has 0 aromatic carbocycles. The summed E-state index contributed by atoms with van der Waals surface area (Å²) < 4.78 is 0. The van der Waals surface area contributed by atoms with Gasteiger partial charge in [0.25, 0.3) is 0 Å². The molecule has 6 heteroatoms. The Bertz CT molecular complexity index is 413. The van der Waals surface area contributed by atoms with Crippen LogP contribution in [0.25, 0.3) is 0 Å². The third-order valence-corrected chi connectivity index (χ3v) is 4.91. The summed E-state index contributed by atoms with van der Waals surface area (Å²) in [5, 5.41) is 0. The number of hydrogen-bond acceptors (Lipinski definition) is 4. The highest BCUT2D eigenvalue weighted by molar-refractivity contribution is 5.89. The van der Waals surface area contributed by atoms with E-state index in [0.717, 1.165) is 25.9 Å². The van der Waals surface area contributed by atoms with E-state index >= 15 is 0 Å². The molecule has 3 atom stereocenters. The Morgan fingerprint density at radius 2 is 2.14 bits per heavy atom. The normalized spacial score (nSPS) is 29.5. The number of piperidine rings is 1. The molecule has 0 radical (unpaired) electrons. The van der Waals surface area contributed by atoms with Gasteiger partial charge >= 0.3 is 0 Å². The lowest BCUT2D eigenvalue weighted by Gasteiger charge is -2.39. The van der Waals surface area contributed by atoms with Crippen molar-refractivity contribution in [2.75, 3.05) is 46.8 Å². The van der Waals surface area contributed by atoms with Gasteiger partial charge in [0, 0.05) is 45.2 Å². The molecule has 0 aromatic rings. The van der Waals surface area contributed by atoms with Gasteiger partial charge in [-0.25, -0.2) is 0 Å². The molecular formula is C16H30N4O2. The van der Waals surface area contributed by atoms with Crippen LogP contribution in [0.15, 0.2) is 0 Å². The highest BCUT2D eigenvalue weighted by Gasteiger charge is 2.39. The van der Waals surface area contributed by atoms with Crippen molar-refractivity contribution < 1.29 is 9.59 Å². The van der Waals surface area contributed by atoms with Crippen molar-refractivity contribution in [1.29, 1.82) is 0 Å². The summed E-state index contributed by atoms with van der Waals surface area (Å²) in [6.45, 7) is 5.61. The van der Waals surface area contributed by atoms with Crippen molar-refractivity contribution >= 4 is 11.8 Å². The molecule has 2 aliphatic heterocycles. The molecule has 2 N–H and O–H groups in total. The zero-order valence-electron chi connectivity index (χ0n) is 14.1. The third-order valence-electron chi connectivity index (χ3n) is 4.91. The van der Waals surface area contributed by atoms with E-state index in [2.05, 4.69) is 11.8 Å². The van der Waals surface area contributed by atoms with Crippen molar-refractivity contribution in [2.45, 2.75) is 32.2 Å². The van der Waals surface area contributed by atoms with Crippen LogP contribution in [0.2, 0.25) is 0 Å². The van der Waals surface area contributed by atoms with Gasteiger partial charge in [-0.3, -0.25) is 9.59 Å². The average Bonchev–Trinajstić information content (AvgIpc) is 2.85. The number of carbonyl (C=O) groups excluding carboxylic acids is 2. The van der Waals surface area contributed by atoms with Crippen molar-refractivity contribution in [2.24, 2.45) is 17.6 Å². The van der Waals surface area contributed by atoms with Crippen molar-refractivity contribution in [3.05, 3.63) is 0 Å². The fourth-order valence-corrected chi connectivity index (χ4v) is 3.47. The van der Waals surface area contributed by atoms with E-state index in [0.29, 0.717) is 32.0 Å². The predicted molar refractivity (Wildman–Crippen MR) is 86.2 cm³/mol. The van der Waals surface area contributed by atoms with E-state index in [-0.39, 0.29) is 23.8 Å². The fraction of sp³-hybridized carbons (Fsp3) is 0.875. The molecule has 6 nitrogen and oxygen atoms in total. The maximum atomic E-state index is 12.8. The van der Waals surface area contributed by atoms with Crippen molar-refractivity contribution in [3.63, 3.8) is 0 Å². The number of hydrogen-bond donors (Lipinski definition) is 1. The second-order valence-corrected chi connectivity index (χ2v) is 7.09. The number of amides is 2. The van der Waals surface area contributed by atoms with E-state index in [4.69, 9.17) is 5.73 Å². The maximum absolute atomic E-state index is 12.8. The second-order valence-electron chi connectivity index (χ2n) is 7.09. The summed E-state index contributed by atoms with van der Waals surface area (Å²) >= 11 is 0. The van der Waals surface area contributed by atoms with Crippen molar-refractivity contribution in [3.8, 4) is 0 Å². The molecule has 2 fully saturated rings. The van der Waals surface area contributed by atoms with Crippen LogP contribution in [-0.2, 0) is 9.59 Å². The maximum Gasteiger partial charge on any atom is 0.228 e. The molecule has 2 rings (SSSR count). The summed E-state index contributed by atoms with van der Waals surface area (Å²) in [6, 6.07) is 0.141. The number of likely N-dealkylation sites (N-methyl/N-ethyl adjacent to an activating group) is 1. The Kier molecular flexibility index (Phi) is 5.81. The van der Waals surface area contributed by atoms with Crippen LogP contribution in [0.3, 0.4) is 0 Å². The molecule has 0 spiro atoms. The van der Waals surface area contributed by atoms with Crippen LogP contribution < -0.4 is 5.73 Å². The minimum absolute atomic E-state index is 0.106. The highest BCUT2D eigenvalue weighted by Crippen LogP contribution is 2.27. The molecule has 3 unspecified atom stereocenters. The van der Waals surface area contributed by atoms with Crippen LogP contribution in [-0.4, -0.2) is 79.4 Å². The van der Waals surface area contributed by atoms with Gasteiger partial charge in [-0.05, 0) is 32.9 Å². The monoisotopic (exact) mass is 310 g/mol. The van der Waals surface area contributed by atoms with Crippen LogP contribution in [0.4, 0.5) is 0 Å². The lowest BCUT2D eigenvalue weighted by molar-refractivity contribution is -0.139. The smallest absolute Gasteiger partial charge is 0.228 e. The zero-order valence-corrected chi connectivity index (χ0v) is 14.1. The molecule has 2 saturated heterocycles. The molecule has 2 aliphatic rings. The van der Waals surface area contributed by atoms with Crippen LogP contribution >= 0.6 is 0 Å². The highest BCUT2D eigenvalue weighted by atomic mass is 16.2. The summed E-state index contributed by atoms with van der Waals surface area (Å²) in [5.41, 5.74) is 5.85. The number of likely N-dealkylation sites (tertiary alicyclic amines) is 2. The van der Waals surface area contributed by atoms with Gasteiger partial charge < -0.3 is 20.4 Å². The van der Waals surface area contributed by atoms with E-state index in [1.54, 1.807) is 0 Å². The Balaban J connectivity index is 1.94. The third kappa shape index (κ3) is 3.98. The first-order chi connectivity index (χ1) is 10.4. The van der Waals surface area contributed by atoms with Crippen LogP contribution in [0, 0.1) is 11.8 Å². The second kappa shape index (κ2) is 7.42. The number of nitrogens with zero attached hydrogens (tertiary/aromatic N) is 3. The van der Waals surface area contributed by atoms with Gasteiger partial charge in [-0.1, -0.05) is 6.92 Å². The quantitative estimate of drug-likeness (QED) is 0.775. The first-order valence-electron chi connectivity index (χ1n) is 8.35. The summed E-state index contributed by atoms with van der Waals surface area (Å²) in [5.74, 6) is 0.675. The lowest BCUT2D eigenvalue weighted by atomic mass is 9.91. The first kappa shape index (κ1) is 17.2. The summed E-state index contributed by atoms with van der Waals surface area (Å²) in [6.07, 6.45) is 2.37. The first-order valence-corrected chi connectivity index (χ1v) is 8.35. The zero-order chi connectivity index (χ0) is 16.3. The molecule has 126 valence electrons. The molecule has 2 heterocycles. The molecule has 22 heavy (non-hydrogen) atoms. The molecule has 0 saturated carbocycles. The van der Waals surface area contributed by atoms with Gasteiger partial charge in [-0.15, -0.1) is 0 Å². The Labute approximate surface area is 133 Å².